The average Bonchev–Trinajstić information content (AvgIpc) is 3.42. The van der Waals surface area contributed by atoms with E-state index in [0.717, 1.165) is 57.7 Å². The van der Waals surface area contributed by atoms with Gasteiger partial charge < -0.3 is 15.0 Å². The second-order valence-corrected chi connectivity index (χ2v) is 9.49. The number of amides is 1. The summed E-state index contributed by atoms with van der Waals surface area (Å²) in [5.74, 6) is 0.728. The fourth-order valence-electron chi connectivity index (χ4n) is 4.06. The van der Waals surface area contributed by atoms with Gasteiger partial charge >= 0.3 is 0 Å². The van der Waals surface area contributed by atoms with Crippen molar-refractivity contribution in [1.82, 2.24) is 14.6 Å². The Labute approximate surface area is 201 Å². The molecule has 4 aromatic rings. The zero-order valence-electron chi connectivity index (χ0n) is 18.4. The van der Waals surface area contributed by atoms with Crippen LogP contribution in [0.5, 0.6) is 5.75 Å². The summed E-state index contributed by atoms with van der Waals surface area (Å²) in [5.41, 5.74) is 3.54. The quantitative estimate of drug-likeness (QED) is 0.419. The number of nitrogens with zero attached hydrogens (tertiary/aromatic N) is 4. The van der Waals surface area contributed by atoms with Crippen molar-refractivity contribution >= 4 is 44.6 Å². The SMILES string of the molecule is COc1ccc(-c2cn3nc(N4CCC[C@@H](C(=O)Nc5cccc(Cl)c5C)C4)sc3n2)cc1. The van der Waals surface area contributed by atoms with Gasteiger partial charge in [0.15, 0.2) is 0 Å². The Kier molecular flexibility index (Phi) is 5.95. The molecule has 9 heteroatoms. The van der Waals surface area contributed by atoms with Crippen molar-refractivity contribution in [2.45, 2.75) is 19.8 Å². The molecule has 3 heterocycles. The maximum atomic E-state index is 13.0. The molecular formula is C24H24ClN5O2S. The highest BCUT2D eigenvalue weighted by Crippen LogP contribution is 2.31. The van der Waals surface area contributed by atoms with E-state index >= 15 is 0 Å². The molecule has 1 saturated heterocycles. The van der Waals surface area contributed by atoms with E-state index in [2.05, 4.69) is 10.2 Å². The molecule has 5 rings (SSSR count). The van der Waals surface area contributed by atoms with Crippen LogP contribution in [0.1, 0.15) is 18.4 Å². The number of methoxy groups -OCH3 is 1. The molecule has 2 aromatic carbocycles. The highest BCUT2D eigenvalue weighted by atomic mass is 35.5. The molecule has 33 heavy (non-hydrogen) atoms. The van der Waals surface area contributed by atoms with Crippen molar-refractivity contribution in [2.24, 2.45) is 5.92 Å². The van der Waals surface area contributed by atoms with Gasteiger partial charge in [0, 0.05) is 29.4 Å². The maximum Gasteiger partial charge on any atom is 0.229 e. The second-order valence-electron chi connectivity index (χ2n) is 8.15. The van der Waals surface area contributed by atoms with Crippen molar-refractivity contribution in [3.8, 4) is 17.0 Å². The van der Waals surface area contributed by atoms with E-state index in [4.69, 9.17) is 26.4 Å². The standard InChI is InChI=1S/C24H24ClN5O2S/c1-15-19(25)6-3-7-20(15)26-22(31)17-5-4-12-29(13-17)24-28-30-14-21(27-23(30)33-24)16-8-10-18(32-2)11-9-16/h3,6-11,14,17H,4-5,12-13H2,1-2H3,(H,26,31)/t17-/m1/s1. The van der Waals surface area contributed by atoms with Gasteiger partial charge in [0.25, 0.3) is 0 Å². The molecule has 0 unspecified atom stereocenters. The lowest BCUT2D eigenvalue weighted by Crippen LogP contribution is -2.40. The molecule has 7 nitrogen and oxygen atoms in total. The summed E-state index contributed by atoms with van der Waals surface area (Å²) >= 11 is 7.74. The zero-order chi connectivity index (χ0) is 22.9. The number of anilines is 2. The van der Waals surface area contributed by atoms with Crippen LogP contribution in [0.3, 0.4) is 0 Å². The van der Waals surface area contributed by atoms with Crippen LogP contribution in [0.15, 0.2) is 48.7 Å². The largest absolute Gasteiger partial charge is 0.497 e. The predicted molar refractivity (Wildman–Crippen MR) is 133 cm³/mol. The van der Waals surface area contributed by atoms with Gasteiger partial charge in [-0.15, -0.1) is 5.10 Å². The summed E-state index contributed by atoms with van der Waals surface area (Å²) in [7, 11) is 1.65. The summed E-state index contributed by atoms with van der Waals surface area (Å²) in [4.78, 5) is 20.7. The van der Waals surface area contributed by atoms with Crippen molar-refractivity contribution in [3.05, 3.63) is 59.2 Å². The minimum atomic E-state index is -0.108. The molecule has 1 fully saturated rings. The van der Waals surface area contributed by atoms with Gasteiger partial charge in [-0.1, -0.05) is 29.0 Å². The van der Waals surface area contributed by atoms with Gasteiger partial charge in [0.2, 0.25) is 16.0 Å². The van der Waals surface area contributed by atoms with Crippen molar-refractivity contribution in [1.29, 1.82) is 0 Å². The Bertz CT molecular complexity index is 1270. The molecule has 2 aromatic heterocycles. The van der Waals surface area contributed by atoms with Gasteiger partial charge in [-0.3, -0.25) is 4.79 Å². The van der Waals surface area contributed by atoms with Gasteiger partial charge in [-0.2, -0.15) is 0 Å². The Morgan fingerprint density at radius 3 is 2.82 bits per heavy atom. The molecule has 1 N–H and O–H groups in total. The normalized spacial score (nSPS) is 16.2. The smallest absolute Gasteiger partial charge is 0.229 e. The number of ether oxygens (including phenoxy) is 1. The first-order valence-corrected chi connectivity index (χ1v) is 12.0. The van der Waals surface area contributed by atoms with Crippen LogP contribution in [0.4, 0.5) is 10.8 Å². The first kappa shape index (κ1) is 21.7. The number of halogens is 1. The summed E-state index contributed by atoms with van der Waals surface area (Å²) < 4.78 is 7.04. The van der Waals surface area contributed by atoms with Crippen molar-refractivity contribution in [3.63, 3.8) is 0 Å². The highest BCUT2D eigenvalue weighted by molar-refractivity contribution is 7.20. The Morgan fingerprint density at radius 1 is 1.24 bits per heavy atom. The number of rotatable bonds is 5. The molecule has 1 aliphatic heterocycles. The third-order valence-electron chi connectivity index (χ3n) is 6.01. The summed E-state index contributed by atoms with van der Waals surface area (Å²) in [6.45, 7) is 3.42. The number of fused-ring (bicyclic) bond motifs is 1. The predicted octanol–water partition coefficient (Wildman–Crippen LogP) is 5.28. The number of hydrogen-bond acceptors (Lipinski definition) is 6. The molecule has 1 amide bonds. The number of benzene rings is 2. The van der Waals surface area contributed by atoms with Gasteiger partial charge in [-0.25, -0.2) is 9.50 Å². The van der Waals surface area contributed by atoms with Gasteiger partial charge in [0.1, 0.15) is 5.75 Å². The molecule has 1 aliphatic rings. The van der Waals surface area contributed by atoms with Crippen molar-refractivity contribution < 1.29 is 9.53 Å². The number of piperidine rings is 1. The molecule has 0 bridgehead atoms. The number of carbonyl (C=O) groups excluding carboxylic acids is 1. The van der Waals surface area contributed by atoms with Gasteiger partial charge in [-0.05, 0) is 61.7 Å². The third-order valence-corrected chi connectivity index (χ3v) is 7.40. The van der Waals surface area contributed by atoms with E-state index in [9.17, 15) is 4.79 Å². The second kappa shape index (κ2) is 9.03. The van der Waals surface area contributed by atoms with Crippen LogP contribution in [-0.4, -0.2) is 40.7 Å². The summed E-state index contributed by atoms with van der Waals surface area (Å²) in [6.07, 6.45) is 3.73. The molecule has 0 aliphatic carbocycles. The van der Waals surface area contributed by atoms with Gasteiger partial charge in [0.05, 0.1) is 24.9 Å². The number of hydrogen-bond donors (Lipinski definition) is 1. The minimum absolute atomic E-state index is 0.0215. The van der Waals surface area contributed by atoms with Crippen LogP contribution < -0.4 is 15.0 Å². The van der Waals surface area contributed by atoms with Crippen LogP contribution in [-0.2, 0) is 4.79 Å². The topological polar surface area (TPSA) is 71.8 Å². The monoisotopic (exact) mass is 481 g/mol. The molecule has 1 atom stereocenters. The number of imidazole rings is 1. The fourth-order valence-corrected chi connectivity index (χ4v) is 5.15. The van der Waals surface area contributed by atoms with E-state index in [0.29, 0.717) is 11.6 Å². The Balaban J connectivity index is 1.29. The third kappa shape index (κ3) is 4.41. The lowest BCUT2D eigenvalue weighted by Gasteiger charge is -2.31. The Morgan fingerprint density at radius 2 is 2.06 bits per heavy atom. The van der Waals surface area contributed by atoms with E-state index in [1.165, 1.54) is 0 Å². The zero-order valence-corrected chi connectivity index (χ0v) is 20.0. The molecule has 0 radical (unpaired) electrons. The summed E-state index contributed by atoms with van der Waals surface area (Å²) in [6, 6.07) is 13.4. The van der Waals surface area contributed by atoms with E-state index in [-0.39, 0.29) is 11.8 Å². The van der Waals surface area contributed by atoms with Crippen LogP contribution in [0.25, 0.3) is 16.2 Å². The first-order valence-electron chi connectivity index (χ1n) is 10.8. The van der Waals surface area contributed by atoms with Crippen LogP contribution in [0, 0.1) is 12.8 Å². The fraction of sp³-hybridized carbons (Fsp3) is 0.292. The molecule has 0 saturated carbocycles. The summed E-state index contributed by atoms with van der Waals surface area (Å²) in [5, 5.41) is 9.33. The maximum absolute atomic E-state index is 13.0. The van der Waals surface area contributed by atoms with Crippen molar-refractivity contribution in [2.75, 3.05) is 30.4 Å². The number of aromatic nitrogens is 3. The van der Waals surface area contributed by atoms with Crippen LogP contribution >= 0.6 is 22.9 Å². The number of nitrogens with one attached hydrogen (secondary N) is 1. The Hall–Kier alpha value is -3.10. The lowest BCUT2D eigenvalue weighted by molar-refractivity contribution is -0.120. The van der Waals surface area contributed by atoms with Crippen LogP contribution in [0.2, 0.25) is 5.02 Å². The average molecular weight is 482 g/mol. The minimum Gasteiger partial charge on any atom is -0.497 e. The first-order chi connectivity index (χ1) is 16.0. The highest BCUT2D eigenvalue weighted by Gasteiger charge is 2.28. The molecule has 170 valence electrons. The lowest BCUT2D eigenvalue weighted by atomic mass is 9.97. The van der Waals surface area contributed by atoms with E-state index in [1.54, 1.807) is 18.4 Å². The number of carbonyl (C=O) groups is 1. The molecular weight excluding hydrogens is 458 g/mol. The van der Waals surface area contributed by atoms with E-state index in [1.807, 2.05) is 60.1 Å². The van der Waals surface area contributed by atoms with E-state index < -0.39 is 0 Å². The molecule has 0 spiro atoms.